The number of ether oxygens (including phenoxy) is 1. The highest BCUT2D eigenvalue weighted by atomic mass is 16.5. The molecule has 3 N–H and O–H groups in total. The molecule has 0 aromatic carbocycles. The van der Waals surface area contributed by atoms with Gasteiger partial charge in [0.15, 0.2) is 0 Å². The maximum absolute atomic E-state index is 11.9. The molecule has 1 rings (SSSR count). The van der Waals surface area contributed by atoms with Gasteiger partial charge in [0.2, 0.25) is 5.91 Å². The molecule has 17 heavy (non-hydrogen) atoms. The first-order valence-corrected chi connectivity index (χ1v) is 6.61. The average Bonchev–Trinajstić information content (AvgIpc) is 2.37. The van der Waals surface area contributed by atoms with Gasteiger partial charge < -0.3 is 15.8 Å². The van der Waals surface area contributed by atoms with Crippen LogP contribution in [0.5, 0.6) is 0 Å². The minimum atomic E-state index is 0.0542. The van der Waals surface area contributed by atoms with Crippen LogP contribution < -0.4 is 11.1 Å². The fourth-order valence-electron chi connectivity index (χ4n) is 2.50. The minimum Gasteiger partial charge on any atom is -0.380 e. The van der Waals surface area contributed by atoms with Crippen LogP contribution in [0.2, 0.25) is 0 Å². The predicted molar refractivity (Wildman–Crippen MR) is 68.7 cm³/mol. The molecule has 1 saturated carbocycles. The molecular weight excluding hydrogens is 216 g/mol. The Morgan fingerprint density at radius 1 is 1.41 bits per heavy atom. The van der Waals surface area contributed by atoms with Gasteiger partial charge in [0.05, 0.1) is 6.10 Å². The van der Waals surface area contributed by atoms with E-state index < -0.39 is 0 Å². The Labute approximate surface area is 104 Å². The van der Waals surface area contributed by atoms with Gasteiger partial charge >= 0.3 is 0 Å². The van der Waals surface area contributed by atoms with Crippen molar-refractivity contribution >= 4 is 5.91 Å². The lowest BCUT2D eigenvalue weighted by atomic mass is 9.71. The van der Waals surface area contributed by atoms with Gasteiger partial charge in [0.25, 0.3) is 0 Å². The molecule has 0 radical (unpaired) electrons. The van der Waals surface area contributed by atoms with Crippen LogP contribution in [-0.4, -0.2) is 32.2 Å². The lowest BCUT2D eigenvalue weighted by Gasteiger charge is -2.35. The number of hydrogen-bond donors (Lipinski definition) is 2. The van der Waals surface area contributed by atoms with Crippen molar-refractivity contribution < 1.29 is 9.53 Å². The number of methoxy groups -OCH3 is 1. The normalized spacial score (nSPS) is 20.9. The van der Waals surface area contributed by atoms with Gasteiger partial charge in [-0.3, -0.25) is 4.79 Å². The molecule has 0 heterocycles. The van der Waals surface area contributed by atoms with Crippen molar-refractivity contribution in [2.24, 2.45) is 11.1 Å². The van der Waals surface area contributed by atoms with E-state index in [0.717, 1.165) is 12.8 Å². The lowest BCUT2D eigenvalue weighted by molar-refractivity contribution is -0.124. The van der Waals surface area contributed by atoms with Gasteiger partial charge in [0, 0.05) is 20.1 Å². The molecule has 1 atom stereocenters. The van der Waals surface area contributed by atoms with E-state index in [4.69, 9.17) is 10.5 Å². The SMILES string of the molecule is COC(C)CNC(=O)CC1(CN)CCCCC1. The summed E-state index contributed by atoms with van der Waals surface area (Å²) in [5, 5.41) is 2.92. The van der Waals surface area contributed by atoms with Crippen LogP contribution in [0.15, 0.2) is 0 Å². The van der Waals surface area contributed by atoms with Crippen molar-refractivity contribution in [3.63, 3.8) is 0 Å². The Hall–Kier alpha value is -0.610. The highest BCUT2D eigenvalue weighted by Gasteiger charge is 2.32. The van der Waals surface area contributed by atoms with Gasteiger partial charge in [-0.2, -0.15) is 0 Å². The van der Waals surface area contributed by atoms with E-state index in [1.165, 1.54) is 19.3 Å². The Kier molecular flexibility index (Phi) is 5.92. The van der Waals surface area contributed by atoms with E-state index >= 15 is 0 Å². The molecule has 1 amide bonds. The summed E-state index contributed by atoms with van der Waals surface area (Å²) in [6.07, 6.45) is 6.52. The van der Waals surface area contributed by atoms with Gasteiger partial charge in [0.1, 0.15) is 0 Å². The van der Waals surface area contributed by atoms with Crippen molar-refractivity contribution in [3.8, 4) is 0 Å². The third-order valence-electron chi connectivity index (χ3n) is 3.87. The molecule has 0 aromatic rings. The summed E-state index contributed by atoms with van der Waals surface area (Å²) < 4.78 is 5.10. The number of carbonyl (C=O) groups excluding carboxylic acids is 1. The van der Waals surface area contributed by atoms with Crippen LogP contribution in [0.25, 0.3) is 0 Å². The number of amides is 1. The molecular formula is C13H26N2O2. The lowest BCUT2D eigenvalue weighted by Crippen LogP contribution is -2.40. The molecule has 4 nitrogen and oxygen atoms in total. The predicted octanol–water partition coefficient (Wildman–Crippen LogP) is 1.44. The van der Waals surface area contributed by atoms with Crippen LogP contribution >= 0.6 is 0 Å². The maximum Gasteiger partial charge on any atom is 0.220 e. The van der Waals surface area contributed by atoms with Crippen LogP contribution in [-0.2, 0) is 9.53 Å². The Morgan fingerprint density at radius 2 is 2.06 bits per heavy atom. The van der Waals surface area contributed by atoms with Crippen molar-refractivity contribution in [3.05, 3.63) is 0 Å². The summed E-state index contributed by atoms with van der Waals surface area (Å²) in [6.45, 7) is 3.15. The number of hydrogen-bond acceptors (Lipinski definition) is 3. The van der Waals surface area contributed by atoms with E-state index in [9.17, 15) is 4.79 Å². The van der Waals surface area contributed by atoms with E-state index in [1.807, 2.05) is 6.92 Å². The molecule has 1 aliphatic carbocycles. The van der Waals surface area contributed by atoms with Gasteiger partial charge in [-0.1, -0.05) is 19.3 Å². The smallest absolute Gasteiger partial charge is 0.220 e. The molecule has 100 valence electrons. The summed E-state index contributed by atoms with van der Waals surface area (Å²) >= 11 is 0. The standard InChI is InChI=1S/C13H26N2O2/c1-11(17-2)9-15-12(16)8-13(10-14)6-4-3-5-7-13/h11H,3-10,14H2,1-2H3,(H,15,16). The minimum absolute atomic E-state index is 0.0542. The van der Waals surface area contributed by atoms with E-state index in [-0.39, 0.29) is 17.4 Å². The first kappa shape index (κ1) is 14.5. The number of rotatable bonds is 6. The summed E-state index contributed by atoms with van der Waals surface area (Å²) in [6, 6.07) is 0. The molecule has 1 unspecified atom stereocenters. The number of nitrogens with one attached hydrogen (secondary N) is 1. The molecule has 1 aliphatic rings. The molecule has 0 spiro atoms. The quantitative estimate of drug-likeness (QED) is 0.740. The summed E-state index contributed by atoms with van der Waals surface area (Å²) in [5.41, 5.74) is 5.92. The van der Waals surface area contributed by atoms with Crippen molar-refractivity contribution in [1.82, 2.24) is 5.32 Å². The van der Waals surface area contributed by atoms with Crippen molar-refractivity contribution in [1.29, 1.82) is 0 Å². The molecule has 4 heteroatoms. The Balaban J connectivity index is 2.37. The maximum atomic E-state index is 11.9. The second-order valence-corrected chi connectivity index (χ2v) is 5.29. The fraction of sp³-hybridized carbons (Fsp3) is 0.923. The van der Waals surface area contributed by atoms with Crippen LogP contribution in [0.4, 0.5) is 0 Å². The summed E-state index contributed by atoms with van der Waals surface area (Å²) in [4.78, 5) is 11.9. The number of carbonyl (C=O) groups is 1. The zero-order chi connectivity index (χ0) is 12.7. The van der Waals surface area contributed by atoms with Crippen LogP contribution in [0.1, 0.15) is 45.4 Å². The van der Waals surface area contributed by atoms with Crippen molar-refractivity contribution in [2.75, 3.05) is 20.2 Å². The number of nitrogens with two attached hydrogens (primary N) is 1. The third-order valence-corrected chi connectivity index (χ3v) is 3.87. The van der Waals surface area contributed by atoms with Crippen LogP contribution in [0, 0.1) is 5.41 Å². The van der Waals surface area contributed by atoms with Gasteiger partial charge in [-0.15, -0.1) is 0 Å². The van der Waals surface area contributed by atoms with Gasteiger partial charge in [-0.25, -0.2) is 0 Å². The summed E-state index contributed by atoms with van der Waals surface area (Å²) in [5.74, 6) is 0.112. The molecule has 0 aromatic heterocycles. The Morgan fingerprint density at radius 3 is 2.59 bits per heavy atom. The molecule has 0 saturated heterocycles. The Bertz CT molecular complexity index is 238. The van der Waals surface area contributed by atoms with Gasteiger partial charge in [-0.05, 0) is 31.7 Å². The highest BCUT2D eigenvalue weighted by molar-refractivity contribution is 5.76. The van der Waals surface area contributed by atoms with E-state index in [0.29, 0.717) is 19.5 Å². The van der Waals surface area contributed by atoms with E-state index in [2.05, 4.69) is 5.32 Å². The van der Waals surface area contributed by atoms with Crippen LogP contribution in [0.3, 0.4) is 0 Å². The topological polar surface area (TPSA) is 64.3 Å². The van der Waals surface area contributed by atoms with E-state index in [1.54, 1.807) is 7.11 Å². The molecule has 1 fully saturated rings. The third kappa shape index (κ3) is 4.64. The fourth-order valence-corrected chi connectivity index (χ4v) is 2.50. The first-order chi connectivity index (χ1) is 8.12. The second kappa shape index (κ2) is 6.97. The largest absolute Gasteiger partial charge is 0.380 e. The zero-order valence-corrected chi connectivity index (χ0v) is 11.1. The monoisotopic (exact) mass is 242 g/mol. The highest BCUT2D eigenvalue weighted by Crippen LogP contribution is 2.38. The molecule has 0 bridgehead atoms. The first-order valence-electron chi connectivity index (χ1n) is 6.61. The zero-order valence-electron chi connectivity index (χ0n) is 11.1. The second-order valence-electron chi connectivity index (χ2n) is 5.29. The van der Waals surface area contributed by atoms with Crippen molar-refractivity contribution in [2.45, 2.75) is 51.6 Å². The summed E-state index contributed by atoms with van der Waals surface area (Å²) in [7, 11) is 1.65. The average molecular weight is 242 g/mol. The molecule has 0 aliphatic heterocycles.